The SMILES string of the molecule is CCNC(=NCc1cccc(-c2ncn[nH]2)c1)NCC(C)c1ccccc1. The van der Waals surface area contributed by atoms with E-state index < -0.39 is 0 Å². The zero-order chi connectivity index (χ0) is 18.9. The van der Waals surface area contributed by atoms with Gasteiger partial charge in [0.25, 0.3) is 0 Å². The highest BCUT2D eigenvalue weighted by Crippen LogP contribution is 2.16. The first-order valence-corrected chi connectivity index (χ1v) is 9.28. The Morgan fingerprint density at radius 3 is 2.70 bits per heavy atom. The van der Waals surface area contributed by atoms with Crippen LogP contribution in [0, 0.1) is 0 Å². The number of aliphatic imine (C=N–C) groups is 1. The summed E-state index contributed by atoms with van der Waals surface area (Å²) in [6.07, 6.45) is 1.52. The van der Waals surface area contributed by atoms with Crippen molar-refractivity contribution in [2.75, 3.05) is 13.1 Å². The number of hydrogen-bond donors (Lipinski definition) is 3. The molecule has 2 aromatic carbocycles. The van der Waals surface area contributed by atoms with Crippen molar-refractivity contribution in [3.05, 3.63) is 72.1 Å². The molecule has 0 saturated carbocycles. The van der Waals surface area contributed by atoms with Gasteiger partial charge in [-0.25, -0.2) is 9.98 Å². The van der Waals surface area contributed by atoms with Crippen LogP contribution in [0.1, 0.15) is 30.9 Å². The maximum Gasteiger partial charge on any atom is 0.191 e. The molecule has 0 aliphatic carbocycles. The summed E-state index contributed by atoms with van der Waals surface area (Å²) >= 11 is 0. The molecule has 1 unspecified atom stereocenters. The Morgan fingerprint density at radius 1 is 1.11 bits per heavy atom. The van der Waals surface area contributed by atoms with Gasteiger partial charge in [-0.15, -0.1) is 0 Å². The van der Waals surface area contributed by atoms with E-state index in [1.807, 2.05) is 18.2 Å². The minimum Gasteiger partial charge on any atom is -0.357 e. The van der Waals surface area contributed by atoms with E-state index in [4.69, 9.17) is 4.99 Å². The number of nitrogens with zero attached hydrogens (tertiary/aromatic N) is 3. The quantitative estimate of drug-likeness (QED) is 0.445. The van der Waals surface area contributed by atoms with Crippen LogP contribution in [0.5, 0.6) is 0 Å². The maximum atomic E-state index is 4.72. The highest BCUT2D eigenvalue weighted by Gasteiger charge is 2.06. The second-order valence-electron chi connectivity index (χ2n) is 6.42. The Labute approximate surface area is 160 Å². The average molecular weight is 362 g/mol. The van der Waals surface area contributed by atoms with Crippen LogP contribution < -0.4 is 10.6 Å². The lowest BCUT2D eigenvalue weighted by Gasteiger charge is -2.16. The fourth-order valence-electron chi connectivity index (χ4n) is 2.82. The molecule has 0 fully saturated rings. The van der Waals surface area contributed by atoms with Gasteiger partial charge < -0.3 is 10.6 Å². The van der Waals surface area contributed by atoms with Gasteiger partial charge >= 0.3 is 0 Å². The molecule has 1 aromatic heterocycles. The highest BCUT2D eigenvalue weighted by molar-refractivity contribution is 5.79. The number of nitrogens with one attached hydrogen (secondary N) is 3. The molecule has 140 valence electrons. The largest absolute Gasteiger partial charge is 0.357 e. The van der Waals surface area contributed by atoms with Crippen molar-refractivity contribution >= 4 is 5.96 Å². The van der Waals surface area contributed by atoms with Crippen molar-refractivity contribution in [3.63, 3.8) is 0 Å². The third kappa shape index (κ3) is 5.41. The number of aromatic amines is 1. The summed E-state index contributed by atoms with van der Waals surface area (Å²) in [7, 11) is 0. The van der Waals surface area contributed by atoms with E-state index in [0.29, 0.717) is 12.5 Å². The van der Waals surface area contributed by atoms with Crippen LogP contribution in [0.2, 0.25) is 0 Å². The Hall–Kier alpha value is -3.15. The first-order chi connectivity index (χ1) is 13.3. The van der Waals surface area contributed by atoms with Crippen LogP contribution in [-0.4, -0.2) is 34.2 Å². The molecule has 0 saturated heterocycles. The van der Waals surface area contributed by atoms with E-state index in [1.165, 1.54) is 11.9 Å². The molecule has 0 aliphatic rings. The van der Waals surface area contributed by atoms with Gasteiger partial charge in [-0.3, -0.25) is 5.10 Å². The third-order valence-electron chi connectivity index (χ3n) is 4.32. The summed E-state index contributed by atoms with van der Waals surface area (Å²) in [6.45, 7) is 6.53. The van der Waals surface area contributed by atoms with Gasteiger partial charge in [-0.05, 0) is 30.0 Å². The second-order valence-corrected chi connectivity index (χ2v) is 6.42. The van der Waals surface area contributed by atoms with E-state index in [-0.39, 0.29) is 0 Å². The monoisotopic (exact) mass is 362 g/mol. The molecule has 1 heterocycles. The van der Waals surface area contributed by atoms with E-state index >= 15 is 0 Å². The number of rotatable bonds is 7. The predicted molar refractivity (Wildman–Crippen MR) is 109 cm³/mol. The topological polar surface area (TPSA) is 78.0 Å². The molecule has 0 radical (unpaired) electrons. The molecule has 0 spiro atoms. The number of benzene rings is 2. The minimum absolute atomic E-state index is 0.407. The fourth-order valence-corrected chi connectivity index (χ4v) is 2.82. The lowest BCUT2D eigenvalue weighted by molar-refractivity contribution is 0.699. The van der Waals surface area contributed by atoms with Crippen molar-refractivity contribution in [2.24, 2.45) is 4.99 Å². The number of hydrogen-bond acceptors (Lipinski definition) is 3. The van der Waals surface area contributed by atoms with Crippen molar-refractivity contribution in [3.8, 4) is 11.4 Å². The molecule has 3 N–H and O–H groups in total. The first kappa shape index (κ1) is 18.6. The number of H-pyrrole nitrogens is 1. The van der Waals surface area contributed by atoms with Gasteiger partial charge in [0.1, 0.15) is 6.33 Å². The number of guanidine groups is 1. The molecule has 3 rings (SSSR count). The van der Waals surface area contributed by atoms with E-state index in [9.17, 15) is 0 Å². The third-order valence-corrected chi connectivity index (χ3v) is 4.32. The van der Waals surface area contributed by atoms with Crippen molar-refractivity contribution < 1.29 is 0 Å². The van der Waals surface area contributed by atoms with E-state index in [2.05, 4.69) is 76.1 Å². The average Bonchev–Trinajstić information content (AvgIpc) is 3.26. The highest BCUT2D eigenvalue weighted by atomic mass is 15.2. The maximum absolute atomic E-state index is 4.72. The second kappa shape index (κ2) is 9.52. The zero-order valence-corrected chi connectivity index (χ0v) is 15.8. The zero-order valence-electron chi connectivity index (χ0n) is 15.8. The molecule has 0 amide bonds. The van der Waals surface area contributed by atoms with E-state index in [0.717, 1.165) is 36.0 Å². The van der Waals surface area contributed by atoms with Crippen LogP contribution in [-0.2, 0) is 6.54 Å². The molecule has 3 aromatic rings. The van der Waals surface area contributed by atoms with Gasteiger partial charge in [-0.1, -0.05) is 55.5 Å². The van der Waals surface area contributed by atoms with Crippen molar-refractivity contribution in [2.45, 2.75) is 26.3 Å². The smallest absolute Gasteiger partial charge is 0.191 e. The Bertz CT molecular complexity index is 842. The van der Waals surface area contributed by atoms with Gasteiger partial charge in [0.05, 0.1) is 6.54 Å². The Morgan fingerprint density at radius 2 is 1.96 bits per heavy atom. The minimum atomic E-state index is 0.407. The Kier molecular flexibility index (Phi) is 6.57. The predicted octanol–water partition coefficient (Wildman–Crippen LogP) is 3.33. The summed E-state index contributed by atoms with van der Waals surface area (Å²) in [5, 5.41) is 13.6. The molecule has 27 heavy (non-hydrogen) atoms. The molecule has 1 atom stereocenters. The molecule has 6 nitrogen and oxygen atoms in total. The van der Waals surface area contributed by atoms with Crippen LogP contribution in [0.4, 0.5) is 0 Å². The summed E-state index contributed by atoms with van der Waals surface area (Å²) < 4.78 is 0. The Balaban J connectivity index is 1.63. The van der Waals surface area contributed by atoms with Crippen LogP contribution in [0.3, 0.4) is 0 Å². The van der Waals surface area contributed by atoms with Crippen LogP contribution >= 0.6 is 0 Å². The van der Waals surface area contributed by atoms with Crippen molar-refractivity contribution in [1.29, 1.82) is 0 Å². The fraction of sp³-hybridized carbons (Fsp3) is 0.286. The van der Waals surface area contributed by atoms with Crippen molar-refractivity contribution in [1.82, 2.24) is 25.8 Å². The molecular weight excluding hydrogens is 336 g/mol. The lowest BCUT2D eigenvalue weighted by Crippen LogP contribution is -2.39. The molecule has 0 aliphatic heterocycles. The summed E-state index contributed by atoms with van der Waals surface area (Å²) in [5.41, 5.74) is 3.45. The summed E-state index contributed by atoms with van der Waals surface area (Å²) in [5.74, 6) is 2.00. The molecule has 6 heteroatoms. The molecule has 0 bridgehead atoms. The van der Waals surface area contributed by atoms with Gasteiger partial charge in [0, 0.05) is 18.7 Å². The standard InChI is InChI=1S/C21H26N6/c1-3-22-21(23-13-16(2)18-9-5-4-6-10-18)24-14-17-8-7-11-19(12-17)20-25-15-26-27-20/h4-12,15-16H,3,13-14H2,1-2H3,(H2,22,23,24)(H,25,26,27). The van der Waals surface area contributed by atoms with Crippen LogP contribution in [0.25, 0.3) is 11.4 Å². The van der Waals surface area contributed by atoms with Crippen LogP contribution in [0.15, 0.2) is 65.9 Å². The van der Waals surface area contributed by atoms with Gasteiger partial charge in [-0.2, -0.15) is 5.10 Å². The lowest BCUT2D eigenvalue weighted by atomic mass is 10.0. The first-order valence-electron chi connectivity index (χ1n) is 9.28. The summed E-state index contributed by atoms with van der Waals surface area (Å²) in [6, 6.07) is 18.7. The molecular formula is C21H26N6. The van der Waals surface area contributed by atoms with Gasteiger partial charge in [0.2, 0.25) is 0 Å². The summed E-state index contributed by atoms with van der Waals surface area (Å²) in [4.78, 5) is 8.92. The van der Waals surface area contributed by atoms with Gasteiger partial charge in [0.15, 0.2) is 11.8 Å². The van der Waals surface area contributed by atoms with E-state index in [1.54, 1.807) is 0 Å². The normalized spacial score (nSPS) is 12.6. The number of aromatic nitrogens is 3.